The second kappa shape index (κ2) is 11.6. The van der Waals surface area contributed by atoms with Crippen molar-refractivity contribution in [1.29, 1.82) is 0 Å². The number of hydrogen-bond acceptors (Lipinski definition) is 5. The minimum absolute atomic E-state index is 0.361. The molecule has 0 radical (unpaired) electrons. The van der Waals surface area contributed by atoms with Gasteiger partial charge < -0.3 is 24.6 Å². The van der Waals surface area contributed by atoms with E-state index in [-0.39, 0.29) is 0 Å². The van der Waals surface area contributed by atoms with Crippen LogP contribution >= 0.6 is 0 Å². The van der Waals surface area contributed by atoms with Gasteiger partial charge in [0.05, 0.1) is 32.0 Å². The Balaban J connectivity index is 1.85. The second-order valence-corrected chi connectivity index (χ2v) is 4.91. The maximum Gasteiger partial charge on any atom is 0.0897 e. The molecule has 0 aromatic carbocycles. The van der Waals surface area contributed by atoms with Gasteiger partial charge in [0, 0.05) is 19.8 Å². The highest BCUT2D eigenvalue weighted by Gasteiger charge is 2.13. The summed E-state index contributed by atoms with van der Waals surface area (Å²) in [5, 5.41) is 12.9. The molecule has 2 N–H and O–H groups in total. The number of aliphatic hydroxyl groups is 1. The first kappa shape index (κ1) is 16.9. The van der Waals surface area contributed by atoms with E-state index >= 15 is 0 Å². The summed E-state index contributed by atoms with van der Waals surface area (Å²) < 4.78 is 16.1. The van der Waals surface area contributed by atoms with Gasteiger partial charge in [0.1, 0.15) is 0 Å². The molecular weight excluding hydrogens is 246 g/mol. The molecule has 0 bridgehead atoms. The summed E-state index contributed by atoms with van der Waals surface area (Å²) >= 11 is 0. The van der Waals surface area contributed by atoms with Gasteiger partial charge in [-0.25, -0.2) is 0 Å². The molecule has 114 valence electrons. The van der Waals surface area contributed by atoms with E-state index in [4.69, 9.17) is 14.2 Å². The summed E-state index contributed by atoms with van der Waals surface area (Å²) in [6, 6.07) is 0. The first-order valence-electron chi connectivity index (χ1n) is 7.48. The van der Waals surface area contributed by atoms with Gasteiger partial charge in [0.15, 0.2) is 0 Å². The van der Waals surface area contributed by atoms with Crippen LogP contribution in [0.4, 0.5) is 0 Å². The fourth-order valence-corrected chi connectivity index (χ4v) is 2.11. The largest absolute Gasteiger partial charge is 0.389 e. The van der Waals surface area contributed by atoms with Crippen LogP contribution in [0.5, 0.6) is 0 Å². The molecule has 2 unspecified atom stereocenters. The summed E-state index contributed by atoms with van der Waals surface area (Å²) in [5.41, 5.74) is 0. The zero-order valence-electron chi connectivity index (χ0n) is 12.1. The van der Waals surface area contributed by atoms with Gasteiger partial charge >= 0.3 is 0 Å². The molecule has 1 rings (SSSR count). The van der Waals surface area contributed by atoms with E-state index < -0.39 is 6.10 Å². The van der Waals surface area contributed by atoms with Gasteiger partial charge in [-0.05, 0) is 39.2 Å². The van der Waals surface area contributed by atoms with Crippen LogP contribution in [0.1, 0.15) is 32.6 Å². The molecule has 0 amide bonds. The molecule has 1 aliphatic heterocycles. The number of rotatable bonds is 11. The van der Waals surface area contributed by atoms with Crippen molar-refractivity contribution < 1.29 is 19.3 Å². The molecule has 1 heterocycles. The van der Waals surface area contributed by atoms with Gasteiger partial charge in [-0.15, -0.1) is 0 Å². The van der Waals surface area contributed by atoms with Crippen molar-refractivity contribution in [2.75, 3.05) is 46.1 Å². The molecule has 1 fully saturated rings. The zero-order valence-corrected chi connectivity index (χ0v) is 12.1. The van der Waals surface area contributed by atoms with Gasteiger partial charge in [-0.1, -0.05) is 0 Å². The molecule has 0 saturated carbocycles. The summed E-state index contributed by atoms with van der Waals surface area (Å²) in [5.74, 6) is 0. The summed E-state index contributed by atoms with van der Waals surface area (Å²) in [4.78, 5) is 0. The van der Waals surface area contributed by atoms with Crippen LogP contribution in [0.15, 0.2) is 0 Å². The Labute approximate surface area is 116 Å². The molecule has 0 spiro atoms. The summed E-state index contributed by atoms with van der Waals surface area (Å²) in [6.07, 6.45) is 4.63. The fraction of sp³-hybridized carbons (Fsp3) is 1.00. The maximum atomic E-state index is 9.68. The Bertz CT molecular complexity index is 198. The average Bonchev–Trinajstić information content (AvgIpc) is 2.44. The third-order valence-corrected chi connectivity index (χ3v) is 3.18. The van der Waals surface area contributed by atoms with Crippen molar-refractivity contribution in [3.05, 3.63) is 0 Å². The van der Waals surface area contributed by atoms with E-state index in [2.05, 4.69) is 5.32 Å². The van der Waals surface area contributed by atoms with E-state index in [1.165, 1.54) is 19.3 Å². The van der Waals surface area contributed by atoms with Gasteiger partial charge in [-0.2, -0.15) is 0 Å². The highest BCUT2D eigenvalue weighted by Crippen LogP contribution is 2.14. The molecule has 1 aliphatic rings. The Kier molecular flexibility index (Phi) is 10.3. The molecule has 0 aromatic heterocycles. The first-order valence-corrected chi connectivity index (χ1v) is 7.48. The van der Waals surface area contributed by atoms with Crippen LogP contribution in [-0.2, 0) is 14.2 Å². The summed E-state index contributed by atoms with van der Waals surface area (Å²) in [6.45, 7) is 6.52. The Morgan fingerprint density at radius 1 is 1.32 bits per heavy atom. The Morgan fingerprint density at radius 3 is 2.89 bits per heavy atom. The molecular formula is C14H29NO4. The molecule has 5 nitrogen and oxygen atoms in total. The third kappa shape index (κ3) is 9.35. The Hall–Kier alpha value is -0.200. The monoisotopic (exact) mass is 275 g/mol. The van der Waals surface area contributed by atoms with E-state index in [1.54, 1.807) is 0 Å². The SMILES string of the molecule is CCOCCOCC(O)CNCCC1CCCCO1. The van der Waals surface area contributed by atoms with Gasteiger partial charge in [0.25, 0.3) is 0 Å². The van der Waals surface area contributed by atoms with Crippen molar-refractivity contribution in [3.8, 4) is 0 Å². The van der Waals surface area contributed by atoms with E-state index in [9.17, 15) is 5.11 Å². The van der Waals surface area contributed by atoms with Crippen LogP contribution in [0, 0.1) is 0 Å². The second-order valence-electron chi connectivity index (χ2n) is 4.91. The average molecular weight is 275 g/mol. The standard InChI is InChI=1S/C14H29NO4/c1-2-17-9-10-18-12-13(16)11-15-7-6-14-5-3-4-8-19-14/h13-16H,2-12H2,1H3. The van der Waals surface area contributed by atoms with E-state index in [0.29, 0.717) is 39.1 Å². The molecule has 0 aliphatic carbocycles. The lowest BCUT2D eigenvalue weighted by Crippen LogP contribution is -2.33. The highest BCUT2D eigenvalue weighted by molar-refractivity contribution is 4.66. The lowest BCUT2D eigenvalue weighted by Gasteiger charge is -2.22. The first-order chi connectivity index (χ1) is 9.33. The van der Waals surface area contributed by atoms with Crippen molar-refractivity contribution in [2.24, 2.45) is 0 Å². The molecule has 19 heavy (non-hydrogen) atoms. The third-order valence-electron chi connectivity index (χ3n) is 3.18. The van der Waals surface area contributed by atoms with Gasteiger partial charge in [0.2, 0.25) is 0 Å². The topological polar surface area (TPSA) is 60.0 Å². The van der Waals surface area contributed by atoms with E-state index in [0.717, 1.165) is 19.6 Å². The minimum Gasteiger partial charge on any atom is -0.389 e. The Morgan fingerprint density at radius 2 is 2.16 bits per heavy atom. The molecule has 1 saturated heterocycles. The molecule has 0 aromatic rings. The number of aliphatic hydroxyl groups excluding tert-OH is 1. The van der Waals surface area contributed by atoms with Crippen LogP contribution in [0.3, 0.4) is 0 Å². The van der Waals surface area contributed by atoms with Crippen molar-refractivity contribution in [3.63, 3.8) is 0 Å². The van der Waals surface area contributed by atoms with Gasteiger partial charge in [-0.3, -0.25) is 0 Å². The van der Waals surface area contributed by atoms with Crippen LogP contribution < -0.4 is 5.32 Å². The number of hydrogen-bond donors (Lipinski definition) is 2. The lowest BCUT2D eigenvalue weighted by molar-refractivity contribution is 0.00263. The molecule has 5 heteroatoms. The van der Waals surface area contributed by atoms with Crippen molar-refractivity contribution in [2.45, 2.75) is 44.8 Å². The predicted molar refractivity (Wildman–Crippen MR) is 74.4 cm³/mol. The number of nitrogens with one attached hydrogen (secondary N) is 1. The smallest absolute Gasteiger partial charge is 0.0897 e. The zero-order chi connectivity index (χ0) is 13.8. The van der Waals surface area contributed by atoms with E-state index in [1.807, 2.05) is 6.92 Å². The van der Waals surface area contributed by atoms with Crippen molar-refractivity contribution >= 4 is 0 Å². The minimum atomic E-state index is -0.450. The predicted octanol–water partition coefficient (Wildman–Crippen LogP) is 0.949. The number of ether oxygens (including phenoxy) is 3. The highest BCUT2D eigenvalue weighted by atomic mass is 16.5. The summed E-state index contributed by atoms with van der Waals surface area (Å²) in [7, 11) is 0. The quantitative estimate of drug-likeness (QED) is 0.550. The maximum absolute atomic E-state index is 9.68. The van der Waals surface area contributed by atoms with Crippen LogP contribution in [0.2, 0.25) is 0 Å². The molecule has 2 atom stereocenters. The lowest BCUT2D eigenvalue weighted by atomic mass is 10.1. The van der Waals surface area contributed by atoms with Crippen molar-refractivity contribution in [1.82, 2.24) is 5.32 Å². The van der Waals surface area contributed by atoms with Crippen LogP contribution in [-0.4, -0.2) is 63.4 Å². The fourth-order valence-electron chi connectivity index (χ4n) is 2.11. The normalized spacial score (nSPS) is 21.5. The van der Waals surface area contributed by atoms with Crippen LogP contribution in [0.25, 0.3) is 0 Å².